The molecule has 0 spiro atoms. The Labute approximate surface area is 164 Å². The number of ether oxygens (including phenoxy) is 1. The number of benzene rings is 2. The molecule has 0 radical (unpaired) electrons. The van der Waals surface area contributed by atoms with Gasteiger partial charge < -0.3 is 15.2 Å². The molecule has 1 unspecified atom stereocenters. The zero-order valence-corrected chi connectivity index (χ0v) is 15.6. The highest BCUT2D eigenvalue weighted by Gasteiger charge is 2.22. The minimum absolute atomic E-state index is 0.0315. The van der Waals surface area contributed by atoms with E-state index >= 15 is 0 Å². The molecule has 0 aliphatic rings. The van der Waals surface area contributed by atoms with Crippen molar-refractivity contribution in [3.8, 4) is 5.75 Å². The number of phenols is 1. The molecule has 3 aromatic rings. The third-order valence-corrected chi connectivity index (χ3v) is 4.28. The molecular formula is C19H14Cl2N2O4. The van der Waals surface area contributed by atoms with Gasteiger partial charge in [0, 0.05) is 6.20 Å². The number of hydrogen-bond donors (Lipinski definition) is 2. The number of pyridine rings is 1. The van der Waals surface area contributed by atoms with E-state index in [9.17, 15) is 14.7 Å². The molecule has 2 N–H and O–H groups in total. The van der Waals surface area contributed by atoms with Crippen molar-refractivity contribution in [1.82, 2.24) is 4.98 Å². The van der Waals surface area contributed by atoms with Crippen molar-refractivity contribution >= 4 is 51.7 Å². The van der Waals surface area contributed by atoms with Gasteiger partial charge in [0.25, 0.3) is 5.91 Å². The number of carbonyl (C=O) groups excluding carboxylic acids is 2. The maximum atomic E-state index is 12.4. The quantitative estimate of drug-likeness (QED) is 0.627. The number of hydrogen-bond acceptors (Lipinski definition) is 5. The first-order valence-electron chi connectivity index (χ1n) is 7.90. The average Bonchev–Trinajstić information content (AvgIpc) is 2.63. The molecule has 8 heteroatoms. The number of halogens is 2. The lowest BCUT2D eigenvalue weighted by Crippen LogP contribution is -2.30. The lowest BCUT2D eigenvalue weighted by atomic mass is 10.1. The summed E-state index contributed by atoms with van der Waals surface area (Å²) in [6, 6.07) is 11.6. The second-order valence-corrected chi connectivity index (χ2v) is 6.58. The van der Waals surface area contributed by atoms with Crippen molar-refractivity contribution in [2.45, 2.75) is 13.0 Å². The van der Waals surface area contributed by atoms with Gasteiger partial charge in [0.15, 0.2) is 11.9 Å². The zero-order valence-electron chi connectivity index (χ0n) is 14.1. The van der Waals surface area contributed by atoms with Crippen molar-refractivity contribution in [2.75, 3.05) is 5.32 Å². The smallest absolute Gasteiger partial charge is 0.342 e. The summed E-state index contributed by atoms with van der Waals surface area (Å²) in [5.41, 5.74) is -0.0315. The van der Waals surface area contributed by atoms with Gasteiger partial charge in [0.2, 0.25) is 0 Å². The van der Waals surface area contributed by atoms with Gasteiger partial charge in [0.05, 0.1) is 10.0 Å². The maximum Gasteiger partial charge on any atom is 0.342 e. The number of anilines is 1. The van der Waals surface area contributed by atoms with Crippen molar-refractivity contribution in [2.24, 2.45) is 0 Å². The molecule has 3 rings (SSSR count). The van der Waals surface area contributed by atoms with E-state index in [2.05, 4.69) is 10.3 Å². The molecule has 0 saturated carbocycles. The van der Waals surface area contributed by atoms with Crippen LogP contribution in [0.5, 0.6) is 5.75 Å². The second-order valence-electron chi connectivity index (χ2n) is 5.74. The number of nitrogens with zero attached hydrogens (tertiary/aromatic N) is 1. The van der Waals surface area contributed by atoms with Crippen molar-refractivity contribution in [1.29, 1.82) is 0 Å². The first kappa shape index (κ1) is 18.9. The fourth-order valence-corrected chi connectivity index (χ4v) is 2.82. The number of esters is 1. The number of fused-ring (bicyclic) bond motifs is 1. The van der Waals surface area contributed by atoms with Crippen LogP contribution < -0.4 is 5.32 Å². The van der Waals surface area contributed by atoms with Crippen molar-refractivity contribution in [3.63, 3.8) is 0 Å². The number of phenolic OH excluding ortho intramolecular Hbond substituents is 1. The van der Waals surface area contributed by atoms with Gasteiger partial charge in [-0.05, 0) is 35.9 Å². The molecule has 0 aliphatic heterocycles. The fraction of sp³-hybridized carbons (Fsp3) is 0.105. The molecule has 27 heavy (non-hydrogen) atoms. The Hall–Kier alpha value is -2.83. The third kappa shape index (κ3) is 4.30. The van der Waals surface area contributed by atoms with Crippen LogP contribution in [0.3, 0.4) is 0 Å². The average molecular weight is 405 g/mol. The molecule has 138 valence electrons. The largest absolute Gasteiger partial charge is 0.507 e. The number of carbonyl (C=O) groups is 2. The van der Waals surface area contributed by atoms with Gasteiger partial charge in [0.1, 0.15) is 11.3 Å². The van der Waals surface area contributed by atoms with E-state index in [4.69, 9.17) is 27.9 Å². The van der Waals surface area contributed by atoms with E-state index in [1.54, 1.807) is 6.07 Å². The topological polar surface area (TPSA) is 88.5 Å². The van der Waals surface area contributed by atoms with Crippen molar-refractivity contribution in [3.05, 3.63) is 64.3 Å². The van der Waals surface area contributed by atoms with Crippen LogP contribution >= 0.6 is 23.2 Å². The molecule has 1 amide bonds. The molecule has 0 aliphatic carbocycles. The van der Waals surface area contributed by atoms with E-state index in [-0.39, 0.29) is 22.2 Å². The number of rotatable bonds is 4. The summed E-state index contributed by atoms with van der Waals surface area (Å²) >= 11 is 11.7. The maximum absolute atomic E-state index is 12.4. The van der Waals surface area contributed by atoms with E-state index in [1.807, 2.05) is 18.2 Å². The molecule has 0 fully saturated rings. The van der Waals surface area contributed by atoms with Crippen molar-refractivity contribution < 1.29 is 19.4 Å². The summed E-state index contributed by atoms with van der Waals surface area (Å²) in [5.74, 6) is -1.58. The summed E-state index contributed by atoms with van der Waals surface area (Å²) in [5, 5.41) is 14.6. The Bertz CT molecular complexity index is 1040. The van der Waals surface area contributed by atoms with E-state index in [0.717, 1.165) is 10.8 Å². The molecule has 0 bridgehead atoms. The molecule has 0 saturated heterocycles. The monoisotopic (exact) mass is 404 g/mol. The van der Waals surface area contributed by atoms with Gasteiger partial charge in [-0.1, -0.05) is 47.5 Å². The Balaban J connectivity index is 1.73. The predicted molar refractivity (Wildman–Crippen MR) is 103 cm³/mol. The second kappa shape index (κ2) is 7.82. The summed E-state index contributed by atoms with van der Waals surface area (Å²) in [6.45, 7) is 1.40. The van der Waals surface area contributed by atoms with Crippen LogP contribution in [0.15, 0.2) is 48.7 Å². The molecule has 2 aromatic carbocycles. The minimum atomic E-state index is -1.14. The summed E-state index contributed by atoms with van der Waals surface area (Å²) in [6.07, 6.45) is 0.184. The summed E-state index contributed by atoms with van der Waals surface area (Å²) in [7, 11) is 0. The van der Waals surface area contributed by atoms with E-state index in [1.165, 1.54) is 31.3 Å². The predicted octanol–water partition coefficient (Wildman–Crippen LogP) is 4.43. The van der Waals surface area contributed by atoms with Crippen LogP contribution in [-0.2, 0) is 9.53 Å². The van der Waals surface area contributed by atoms with Gasteiger partial charge >= 0.3 is 5.97 Å². The molecule has 1 heterocycles. The van der Waals surface area contributed by atoms with Gasteiger partial charge in [-0.2, -0.15) is 0 Å². The SMILES string of the molecule is CC(OC(=O)c1cc2ccccc2cc1O)C(=O)Nc1ncc(Cl)cc1Cl. The molecule has 6 nitrogen and oxygen atoms in total. The normalized spacial score (nSPS) is 11.8. The fourth-order valence-electron chi connectivity index (χ4n) is 2.39. The lowest BCUT2D eigenvalue weighted by Gasteiger charge is -2.14. The standard InChI is InChI=1S/C19H14Cl2N2O4/c1-10(18(25)23-17-15(21)8-13(20)9-22-17)27-19(26)14-6-11-4-2-3-5-12(11)7-16(14)24/h2-10,24H,1H3,(H,22,23,25). The van der Waals surface area contributed by atoms with Crippen LogP contribution in [0.2, 0.25) is 10.0 Å². The Morgan fingerprint density at radius 1 is 1.15 bits per heavy atom. The number of nitrogens with one attached hydrogen (secondary N) is 1. The number of aromatic hydroxyl groups is 1. The highest BCUT2D eigenvalue weighted by molar-refractivity contribution is 6.36. The van der Waals surface area contributed by atoms with Gasteiger partial charge in [-0.3, -0.25) is 4.79 Å². The molecule has 1 aromatic heterocycles. The first-order valence-corrected chi connectivity index (χ1v) is 8.65. The lowest BCUT2D eigenvalue weighted by molar-refractivity contribution is -0.123. The van der Waals surface area contributed by atoms with Crippen LogP contribution in [-0.4, -0.2) is 28.1 Å². The number of aromatic nitrogens is 1. The van der Waals surface area contributed by atoms with Gasteiger partial charge in [-0.25, -0.2) is 9.78 Å². The van der Waals surface area contributed by atoms with Gasteiger partial charge in [-0.15, -0.1) is 0 Å². The van der Waals surface area contributed by atoms with E-state index in [0.29, 0.717) is 5.02 Å². The van der Waals surface area contributed by atoms with Crippen LogP contribution in [0, 0.1) is 0 Å². The Kier molecular flexibility index (Phi) is 5.48. The zero-order chi connectivity index (χ0) is 19.6. The van der Waals surface area contributed by atoms with E-state index < -0.39 is 18.0 Å². The third-order valence-electron chi connectivity index (χ3n) is 3.79. The first-order chi connectivity index (χ1) is 12.8. The number of amides is 1. The van der Waals surface area contributed by atoms with Crippen LogP contribution in [0.4, 0.5) is 5.82 Å². The molecule has 1 atom stereocenters. The highest BCUT2D eigenvalue weighted by atomic mass is 35.5. The van der Waals surface area contributed by atoms with Crippen LogP contribution in [0.25, 0.3) is 10.8 Å². The summed E-state index contributed by atoms with van der Waals surface area (Å²) in [4.78, 5) is 28.5. The minimum Gasteiger partial charge on any atom is -0.507 e. The summed E-state index contributed by atoms with van der Waals surface area (Å²) < 4.78 is 5.16. The molecular weight excluding hydrogens is 391 g/mol. The highest BCUT2D eigenvalue weighted by Crippen LogP contribution is 2.26. The Morgan fingerprint density at radius 2 is 1.81 bits per heavy atom. The Morgan fingerprint density at radius 3 is 2.48 bits per heavy atom. The van der Waals surface area contributed by atoms with Crippen LogP contribution in [0.1, 0.15) is 17.3 Å².